The standard InChI is InChI=1S/C10H9ClN4O2/c1-5-3-8(11)7(4-12-5)9(16)13-10-15-14-6(2)17-10/h3-4H,1-2H3,(H,13,15,16). The molecule has 0 aromatic carbocycles. The predicted octanol–water partition coefficient (Wildman–Crippen LogP) is 1.99. The zero-order valence-corrected chi connectivity index (χ0v) is 9.95. The summed E-state index contributed by atoms with van der Waals surface area (Å²) in [5, 5.41) is 10.00. The highest BCUT2D eigenvalue weighted by Gasteiger charge is 2.14. The molecule has 0 fully saturated rings. The largest absolute Gasteiger partial charge is 0.408 e. The van der Waals surface area contributed by atoms with E-state index >= 15 is 0 Å². The fraction of sp³-hybridized carbons (Fsp3) is 0.200. The Morgan fingerprint density at radius 2 is 2.18 bits per heavy atom. The summed E-state index contributed by atoms with van der Waals surface area (Å²) in [6.45, 7) is 3.41. The average molecular weight is 253 g/mol. The number of aromatic nitrogens is 3. The van der Waals surface area contributed by atoms with Crippen molar-refractivity contribution in [3.8, 4) is 0 Å². The van der Waals surface area contributed by atoms with E-state index in [1.807, 2.05) is 0 Å². The van der Waals surface area contributed by atoms with Crippen molar-refractivity contribution in [2.45, 2.75) is 13.8 Å². The van der Waals surface area contributed by atoms with E-state index in [1.54, 1.807) is 19.9 Å². The van der Waals surface area contributed by atoms with Crippen LogP contribution in [0.15, 0.2) is 16.7 Å². The third kappa shape index (κ3) is 2.59. The van der Waals surface area contributed by atoms with Gasteiger partial charge in [-0.15, -0.1) is 5.10 Å². The van der Waals surface area contributed by atoms with Crippen molar-refractivity contribution in [1.82, 2.24) is 15.2 Å². The number of nitrogens with one attached hydrogen (secondary N) is 1. The minimum absolute atomic E-state index is 0.0316. The molecule has 0 aliphatic carbocycles. The maximum Gasteiger partial charge on any atom is 0.322 e. The first-order valence-corrected chi connectivity index (χ1v) is 5.17. The molecule has 88 valence electrons. The SMILES string of the molecule is Cc1cc(Cl)c(C(=O)Nc2nnc(C)o2)cn1. The van der Waals surface area contributed by atoms with Gasteiger partial charge in [-0.2, -0.15) is 0 Å². The molecule has 2 heterocycles. The second kappa shape index (κ2) is 4.50. The maximum absolute atomic E-state index is 11.8. The first-order chi connectivity index (χ1) is 8.06. The van der Waals surface area contributed by atoms with Gasteiger partial charge in [0, 0.05) is 18.8 Å². The molecule has 0 radical (unpaired) electrons. The normalized spacial score (nSPS) is 10.3. The summed E-state index contributed by atoms with van der Waals surface area (Å²) in [6.07, 6.45) is 1.40. The number of nitrogens with zero attached hydrogens (tertiary/aromatic N) is 3. The van der Waals surface area contributed by atoms with Gasteiger partial charge in [-0.1, -0.05) is 16.7 Å². The van der Waals surface area contributed by atoms with E-state index in [0.717, 1.165) is 5.69 Å². The minimum Gasteiger partial charge on any atom is -0.408 e. The first kappa shape index (κ1) is 11.5. The zero-order chi connectivity index (χ0) is 12.4. The van der Waals surface area contributed by atoms with Crippen molar-refractivity contribution >= 4 is 23.5 Å². The van der Waals surface area contributed by atoms with Gasteiger partial charge in [0.15, 0.2) is 0 Å². The molecule has 0 bridgehead atoms. The van der Waals surface area contributed by atoms with Crippen LogP contribution in [0.25, 0.3) is 0 Å². The lowest BCUT2D eigenvalue weighted by molar-refractivity contribution is 0.102. The van der Waals surface area contributed by atoms with E-state index in [0.29, 0.717) is 10.9 Å². The Morgan fingerprint density at radius 1 is 1.41 bits per heavy atom. The van der Waals surface area contributed by atoms with Gasteiger partial charge in [0.2, 0.25) is 5.89 Å². The van der Waals surface area contributed by atoms with Gasteiger partial charge >= 0.3 is 6.01 Å². The van der Waals surface area contributed by atoms with Crippen LogP contribution in [-0.4, -0.2) is 21.1 Å². The Hall–Kier alpha value is -1.95. The van der Waals surface area contributed by atoms with Gasteiger partial charge in [0.25, 0.3) is 5.91 Å². The number of halogens is 1. The molecule has 0 atom stereocenters. The topological polar surface area (TPSA) is 80.9 Å². The number of carbonyl (C=O) groups excluding carboxylic acids is 1. The predicted molar refractivity (Wildman–Crippen MR) is 61.0 cm³/mol. The molecule has 0 spiro atoms. The molecule has 0 unspecified atom stereocenters. The lowest BCUT2D eigenvalue weighted by Gasteiger charge is -2.03. The zero-order valence-electron chi connectivity index (χ0n) is 9.19. The van der Waals surface area contributed by atoms with E-state index < -0.39 is 5.91 Å². The molecule has 2 aromatic heterocycles. The van der Waals surface area contributed by atoms with Gasteiger partial charge < -0.3 is 4.42 Å². The molecule has 0 saturated carbocycles. The van der Waals surface area contributed by atoms with E-state index in [4.69, 9.17) is 16.0 Å². The fourth-order valence-corrected chi connectivity index (χ4v) is 1.50. The smallest absolute Gasteiger partial charge is 0.322 e. The second-order valence-corrected chi connectivity index (χ2v) is 3.79. The number of pyridine rings is 1. The van der Waals surface area contributed by atoms with Crippen LogP contribution < -0.4 is 5.32 Å². The van der Waals surface area contributed by atoms with Crippen molar-refractivity contribution in [3.63, 3.8) is 0 Å². The number of amides is 1. The number of hydrogen-bond donors (Lipinski definition) is 1. The first-order valence-electron chi connectivity index (χ1n) is 4.80. The quantitative estimate of drug-likeness (QED) is 0.884. The van der Waals surface area contributed by atoms with Crippen molar-refractivity contribution in [1.29, 1.82) is 0 Å². The summed E-state index contributed by atoms with van der Waals surface area (Å²) in [6, 6.07) is 1.64. The molecular formula is C10H9ClN4O2. The van der Waals surface area contributed by atoms with Crippen molar-refractivity contribution < 1.29 is 9.21 Å². The third-order valence-corrected chi connectivity index (χ3v) is 2.29. The third-order valence-electron chi connectivity index (χ3n) is 1.98. The summed E-state index contributed by atoms with van der Waals surface area (Å²) >= 11 is 5.93. The Kier molecular flexibility index (Phi) is 3.06. The second-order valence-electron chi connectivity index (χ2n) is 3.39. The van der Waals surface area contributed by atoms with E-state index in [-0.39, 0.29) is 11.6 Å². The fourth-order valence-electron chi connectivity index (χ4n) is 1.21. The van der Waals surface area contributed by atoms with Crippen LogP contribution in [0.5, 0.6) is 0 Å². The number of rotatable bonds is 2. The molecule has 17 heavy (non-hydrogen) atoms. The highest BCUT2D eigenvalue weighted by molar-refractivity contribution is 6.34. The van der Waals surface area contributed by atoms with Gasteiger partial charge in [0.1, 0.15) is 0 Å². The van der Waals surface area contributed by atoms with E-state index in [1.165, 1.54) is 6.20 Å². The number of anilines is 1. The molecule has 2 rings (SSSR count). The molecule has 0 saturated heterocycles. The monoisotopic (exact) mass is 252 g/mol. The van der Waals surface area contributed by atoms with Crippen LogP contribution in [0.4, 0.5) is 6.01 Å². The maximum atomic E-state index is 11.8. The lowest BCUT2D eigenvalue weighted by Crippen LogP contribution is -2.13. The molecule has 1 N–H and O–H groups in total. The summed E-state index contributed by atoms with van der Waals surface area (Å²) in [7, 11) is 0. The van der Waals surface area contributed by atoms with Crippen LogP contribution in [-0.2, 0) is 0 Å². The Labute approximate surface area is 102 Å². The molecular weight excluding hydrogens is 244 g/mol. The average Bonchev–Trinajstić information content (AvgIpc) is 2.63. The molecule has 0 aliphatic heterocycles. The highest BCUT2D eigenvalue weighted by atomic mass is 35.5. The molecule has 2 aromatic rings. The van der Waals surface area contributed by atoms with Gasteiger partial charge in [-0.25, -0.2) is 0 Å². The highest BCUT2D eigenvalue weighted by Crippen LogP contribution is 2.17. The Balaban J connectivity index is 2.20. The Bertz CT molecular complexity index is 567. The van der Waals surface area contributed by atoms with Crippen LogP contribution in [0.2, 0.25) is 5.02 Å². The number of carbonyl (C=O) groups is 1. The number of aryl methyl sites for hydroxylation is 2. The minimum atomic E-state index is -0.439. The van der Waals surface area contributed by atoms with E-state index in [2.05, 4.69) is 20.5 Å². The number of hydrogen-bond acceptors (Lipinski definition) is 5. The molecule has 7 heteroatoms. The summed E-state index contributed by atoms with van der Waals surface area (Å²) in [4.78, 5) is 15.8. The van der Waals surface area contributed by atoms with Crippen LogP contribution in [0, 0.1) is 13.8 Å². The van der Waals surface area contributed by atoms with Gasteiger partial charge in [-0.3, -0.25) is 15.1 Å². The summed E-state index contributed by atoms with van der Waals surface area (Å²) in [5.74, 6) is -0.0698. The molecule has 6 nitrogen and oxygen atoms in total. The van der Waals surface area contributed by atoms with Crippen LogP contribution in [0.3, 0.4) is 0 Å². The van der Waals surface area contributed by atoms with Crippen LogP contribution >= 0.6 is 11.6 Å². The summed E-state index contributed by atoms with van der Waals surface area (Å²) in [5.41, 5.74) is 0.994. The van der Waals surface area contributed by atoms with Gasteiger partial charge in [-0.05, 0) is 13.0 Å². The van der Waals surface area contributed by atoms with Crippen molar-refractivity contribution in [2.75, 3.05) is 5.32 Å². The Morgan fingerprint density at radius 3 is 2.76 bits per heavy atom. The van der Waals surface area contributed by atoms with Crippen molar-refractivity contribution in [3.05, 3.63) is 34.4 Å². The molecule has 0 aliphatic rings. The lowest BCUT2D eigenvalue weighted by atomic mass is 10.2. The van der Waals surface area contributed by atoms with Crippen molar-refractivity contribution in [2.24, 2.45) is 0 Å². The summed E-state index contributed by atoms with van der Waals surface area (Å²) < 4.78 is 5.02. The van der Waals surface area contributed by atoms with Gasteiger partial charge in [0.05, 0.1) is 10.6 Å². The van der Waals surface area contributed by atoms with Crippen LogP contribution in [0.1, 0.15) is 21.9 Å². The van der Waals surface area contributed by atoms with E-state index in [9.17, 15) is 4.79 Å². The molecule has 1 amide bonds.